The molecule has 0 aliphatic heterocycles. The number of nitrogens with zero attached hydrogens (tertiary/aromatic N) is 2. The van der Waals surface area contributed by atoms with E-state index in [0.29, 0.717) is 34.1 Å². The summed E-state index contributed by atoms with van der Waals surface area (Å²) in [7, 11) is 0. The molecule has 7 nitrogen and oxygen atoms in total. The van der Waals surface area contributed by atoms with Crippen LogP contribution in [-0.2, 0) is 0 Å². The lowest BCUT2D eigenvalue weighted by molar-refractivity contribution is 0.0918. The first-order valence-electron chi connectivity index (χ1n) is 10.2. The number of hydrogen-bond donors (Lipinski definition) is 2. The molecule has 0 bridgehead atoms. The molecular formula is C24H28N4O3. The molecule has 3 rings (SSSR count). The minimum Gasteiger partial charge on any atom is -0.347 e. The molecule has 2 aromatic carbocycles. The predicted molar refractivity (Wildman–Crippen MR) is 120 cm³/mol. The Morgan fingerprint density at radius 1 is 0.968 bits per heavy atom. The van der Waals surface area contributed by atoms with E-state index >= 15 is 0 Å². The minimum absolute atomic E-state index is 0.134. The normalized spacial score (nSPS) is 11.5. The van der Waals surface area contributed by atoms with Gasteiger partial charge in [0.05, 0.1) is 11.3 Å². The largest absolute Gasteiger partial charge is 0.347 e. The molecule has 0 atom stereocenters. The van der Waals surface area contributed by atoms with Crippen molar-refractivity contribution in [2.75, 3.05) is 5.32 Å². The van der Waals surface area contributed by atoms with Crippen LogP contribution in [0.15, 0.2) is 47.0 Å². The summed E-state index contributed by atoms with van der Waals surface area (Å²) >= 11 is 0. The van der Waals surface area contributed by atoms with Crippen molar-refractivity contribution in [1.82, 2.24) is 15.5 Å². The summed E-state index contributed by atoms with van der Waals surface area (Å²) in [6.45, 7) is 11.6. The van der Waals surface area contributed by atoms with Crippen LogP contribution in [0.3, 0.4) is 0 Å². The average molecular weight is 421 g/mol. The van der Waals surface area contributed by atoms with E-state index in [4.69, 9.17) is 4.52 Å². The molecule has 1 aromatic heterocycles. The van der Waals surface area contributed by atoms with Crippen molar-refractivity contribution in [3.8, 4) is 11.5 Å². The molecule has 31 heavy (non-hydrogen) atoms. The Hall–Kier alpha value is -3.48. The maximum absolute atomic E-state index is 12.9. The second-order valence-corrected chi connectivity index (χ2v) is 8.85. The maximum atomic E-state index is 12.9. The SMILES string of the molecule is Cc1cccc(-c2nc(C(C)C)no2)c1NC(=O)c1ccc(C(=O)NC(C)(C)C)cc1. The van der Waals surface area contributed by atoms with Crippen molar-refractivity contribution in [3.63, 3.8) is 0 Å². The third-order valence-electron chi connectivity index (χ3n) is 4.60. The standard InChI is InChI=1S/C24H28N4O3/c1-14(2)20-26-23(31-28-20)18-9-7-8-15(3)19(18)25-21(29)16-10-12-17(13-11-16)22(30)27-24(4,5)6/h7-14H,1-6H3,(H,25,29)(H,27,30). The molecule has 0 fully saturated rings. The van der Waals surface area contributed by atoms with Gasteiger partial charge in [0, 0.05) is 22.6 Å². The summed E-state index contributed by atoms with van der Waals surface area (Å²) in [6.07, 6.45) is 0. The molecule has 0 aliphatic rings. The van der Waals surface area contributed by atoms with Crippen LogP contribution >= 0.6 is 0 Å². The quantitative estimate of drug-likeness (QED) is 0.609. The van der Waals surface area contributed by atoms with Crippen LogP contribution in [0, 0.1) is 6.92 Å². The summed E-state index contributed by atoms with van der Waals surface area (Å²) in [6, 6.07) is 12.2. The second kappa shape index (κ2) is 8.71. The Kier molecular flexibility index (Phi) is 6.24. The summed E-state index contributed by atoms with van der Waals surface area (Å²) in [5, 5.41) is 9.87. The van der Waals surface area contributed by atoms with Crippen molar-refractivity contribution < 1.29 is 14.1 Å². The van der Waals surface area contributed by atoms with Crippen LogP contribution in [0.4, 0.5) is 5.69 Å². The molecular weight excluding hydrogens is 392 g/mol. The molecule has 3 aromatic rings. The van der Waals surface area contributed by atoms with Gasteiger partial charge in [-0.25, -0.2) is 0 Å². The highest BCUT2D eigenvalue weighted by molar-refractivity contribution is 6.07. The molecule has 0 radical (unpaired) electrons. The Morgan fingerprint density at radius 2 is 1.58 bits per heavy atom. The number of aryl methyl sites for hydroxylation is 1. The van der Waals surface area contributed by atoms with Gasteiger partial charge in [0.15, 0.2) is 5.82 Å². The van der Waals surface area contributed by atoms with E-state index < -0.39 is 0 Å². The van der Waals surface area contributed by atoms with Gasteiger partial charge < -0.3 is 15.2 Å². The lowest BCUT2D eigenvalue weighted by Gasteiger charge is -2.20. The van der Waals surface area contributed by atoms with Crippen molar-refractivity contribution >= 4 is 17.5 Å². The molecule has 1 heterocycles. The first kappa shape index (κ1) is 22.2. The van der Waals surface area contributed by atoms with Crippen LogP contribution in [0.2, 0.25) is 0 Å². The van der Waals surface area contributed by atoms with E-state index in [9.17, 15) is 9.59 Å². The van der Waals surface area contributed by atoms with Gasteiger partial charge in [0.1, 0.15) is 0 Å². The molecule has 2 amide bonds. The predicted octanol–water partition coefficient (Wildman–Crippen LogP) is 4.95. The van der Waals surface area contributed by atoms with Crippen LogP contribution in [0.1, 0.15) is 72.6 Å². The lowest BCUT2D eigenvalue weighted by Crippen LogP contribution is -2.40. The van der Waals surface area contributed by atoms with E-state index in [1.54, 1.807) is 24.3 Å². The Labute approximate surface area is 182 Å². The molecule has 0 saturated heterocycles. The van der Waals surface area contributed by atoms with Gasteiger partial charge >= 0.3 is 0 Å². The maximum Gasteiger partial charge on any atom is 0.260 e. The third kappa shape index (κ3) is 5.36. The molecule has 0 spiro atoms. The number of rotatable bonds is 5. The van der Waals surface area contributed by atoms with Gasteiger partial charge in [0.2, 0.25) is 0 Å². The number of benzene rings is 2. The van der Waals surface area contributed by atoms with Gasteiger partial charge in [-0.2, -0.15) is 4.98 Å². The van der Waals surface area contributed by atoms with E-state index in [0.717, 1.165) is 5.56 Å². The van der Waals surface area contributed by atoms with Gasteiger partial charge in [-0.15, -0.1) is 0 Å². The number of carbonyl (C=O) groups excluding carboxylic acids is 2. The minimum atomic E-state index is -0.335. The summed E-state index contributed by atoms with van der Waals surface area (Å²) in [5.74, 6) is 0.629. The first-order chi connectivity index (χ1) is 14.5. The van der Waals surface area contributed by atoms with Gasteiger partial charge in [-0.05, 0) is 63.6 Å². The van der Waals surface area contributed by atoms with Gasteiger partial charge in [0.25, 0.3) is 17.7 Å². The van der Waals surface area contributed by atoms with Crippen LogP contribution in [0.25, 0.3) is 11.5 Å². The monoisotopic (exact) mass is 420 g/mol. The van der Waals surface area contributed by atoms with E-state index in [2.05, 4.69) is 20.8 Å². The zero-order valence-corrected chi connectivity index (χ0v) is 18.7. The lowest BCUT2D eigenvalue weighted by atomic mass is 10.1. The highest BCUT2D eigenvalue weighted by atomic mass is 16.5. The van der Waals surface area contributed by atoms with Gasteiger partial charge in [-0.1, -0.05) is 31.1 Å². The highest BCUT2D eigenvalue weighted by Gasteiger charge is 2.19. The summed E-state index contributed by atoms with van der Waals surface area (Å²) < 4.78 is 5.42. The number of hydrogen-bond acceptors (Lipinski definition) is 5. The van der Waals surface area contributed by atoms with Gasteiger partial charge in [-0.3, -0.25) is 9.59 Å². The van der Waals surface area contributed by atoms with E-state index in [1.807, 2.05) is 59.7 Å². The fraction of sp³-hybridized carbons (Fsp3) is 0.333. The number of para-hydroxylation sites is 1. The van der Waals surface area contributed by atoms with Crippen LogP contribution < -0.4 is 10.6 Å². The molecule has 0 unspecified atom stereocenters. The van der Waals surface area contributed by atoms with E-state index in [1.165, 1.54) is 0 Å². The Balaban J connectivity index is 1.83. The zero-order chi connectivity index (χ0) is 22.8. The first-order valence-corrected chi connectivity index (χ1v) is 10.2. The van der Waals surface area contributed by atoms with Crippen molar-refractivity contribution in [2.45, 2.75) is 53.0 Å². The zero-order valence-electron chi connectivity index (χ0n) is 18.7. The third-order valence-corrected chi connectivity index (χ3v) is 4.60. The molecule has 7 heteroatoms. The van der Waals surface area contributed by atoms with Crippen LogP contribution in [-0.4, -0.2) is 27.5 Å². The van der Waals surface area contributed by atoms with E-state index in [-0.39, 0.29) is 23.3 Å². The molecule has 2 N–H and O–H groups in total. The Bertz CT molecular complexity index is 1090. The summed E-state index contributed by atoms with van der Waals surface area (Å²) in [4.78, 5) is 29.6. The Morgan fingerprint density at radius 3 is 2.13 bits per heavy atom. The second-order valence-electron chi connectivity index (χ2n) is 8.85. The topological polar surface area (TPSA) is 97.1 Å². The molecule has 0 saturated carbocycles. The number of amides is 2. The summed E-state index contributed by atoms with van der Waals surface area (Å²) in [5.41, 5.74) is 2.75. The number of aromatic nitrogens is 2. The van der Waals surface area contributed by atoms with Crippen LogP contribution in [0.5, 0.6) is 0 Å². The fourth-order valence-corrected chi connectivity index (χ4v) is 2.96. The number of anilines is 1. The smallest absolute Gasteiger partial charge is 0.260 e. The number of nitrogens with one attached hydrogen (secondary N) is 2. The number of carbonyl (C=O) groups is 2. The van der Waals surface area contributed by atoms with Crippen molar-refractivity contribution in [2.24, 2.45) is 0 Å². The molecule has 162 valence electrons. The average Bonchev–Trinajstić information content (AvgIpc) is 3.18. The van der Waals surface area contributed by atoms with Crippen molar-refractivity contribution in [1.29, 1.82) is 0 Å². The highest BCUT2D eigenvalue weighted by Crippen LogP contribution is 2.31. The van der Waals surface area contributed by atoms with Crippen molar-refractivity contribution in [3.05, 3.63) is 65.0 Å². The molecule has 0 aliphatic carbocycles. The fourth-order valence-electron chi connectivity index (χ4n) is 2.96.